The topological polar surface area (TPSA) is 50.4 Å². The summed E-state index contributed by atoms with van der Waals surface area (Å²) in [7, 11) is 0. The Morgan fingerprint density at radius 3 is 2.74 bits per heavy atom. The van der Waals surface area contributed by atoms with Crippen molar-refractivity contribution in [3.05, 3.63) is 64.4 Å². The fraction of sp³-hybridized carbons (Fsp3) is 0.211. The molecule has 0 saturated carbocycles. The maximum Gasteiger partial charge on any atom is 0.200 e. The predicted octanol–water partition coefficient (Wildman–Crippen LogP) is 5.37. The molecule has 0 fully saturated rings. The molecular weight excluding hydrogens is 312 g/mol. The summed E-state index contributed by atoms with van der Waals surface area (Å²) in [4.78, 5) is 13.0. The Morgan fingerprint density at radius 2 is 2.00 bits per heavy atom. The summed E-state index contributed by atoms with van der Waals surface area (Å²) in [5.41, 5.74) is 1.46. The molecule has 0 aliphatic rings. The number of phenols is 1. The van der Waals surface area contributed by atoms with Crippen LogP contribution in [0, 0.1) is 0 Å². The molecule has 0 saturated heterocycles. The van der Waals surface area contributed by atoms with Crippen LogP contribution in [-0.4, -0.2) is 10.9 Å². The van der Waals surface area contributed by atoms with E-state index in [-0.39, 0.29) is 17.1 Å². The van der Waals surface area contributed by atoms with Crippen molar-refractivity contribution in [2.45, 2.75) is 26.2 Å². The zero-order chi connectivity index (χ0) is 16.4. The first-order valence-corrected chi connectivity index (χ1v) is 8.03. The van der Waals surface area contributed by atoms with Crippen LogP contribution in [0.5, 0.6) is 5.75 Å². The number of unbranched alkanes of at least 4 members (excludes halogenated alkanes) is 1. The normalized spacial score (nSPS) is 11.0. The number of halogens is 1. The van der Waals surface area contributed by atoms with Crippen molar-refractivity contribution in [3.63, 3.8) is 0 Å². The van der Waals surface area contributed by atoms with Gasteiger partial charge in [0, 0.05) is 16.8 Å². The van der Waals surface area contributed by atoms with Crippen molar-refractivity contribution in [1.29, 1.82) is 0 Å². The van der Waals surface area contributed by atoms with Crippen LogP contribution in [0.15, 0.2) is 46.9 Å². The minimum Gasteiger partial charge on any atom is -0.507 e. The van der Waals surface area contributed by atoms with Gasteiger partial charge < -0.3 is 9.52 Å². The van der Waals surface area contributed by atoms with Gasteiger partial charge in [-0.05, 0) is 30.7 Å². The van der Waals surface area contributed by atoms with Crippen LogP contribution in [0.2, 0.25) is 5.02 Å². The van der Waals surface area contributed by atoms with E-state index in [1.807, 2.05) is 24.3 Å². The number of hydrogen-bond donors (Lipinski definition) is 1. The van der Waals surface area contributed by atoms with E-state index in [9.17, 15) is 9.90 Å². The van der Waals surface area contributed by atoms with Crippen molar-refractivity contribution in [2.24, 2.45) is 0 Å². The van der Waals surface area contributed by atoms with Crippen molar-refractivity contribution in [3.8, 4) is 5.75 Å². The highest BCUT2D eigenvalue weighted by molar-refractivity contribution is 6.31. The summed E-state index contributed by atoms with van der Waals surface area (Å²) >= 11 is 5.85. The number of aromatic hydroxyl groups is 1. The van der Waals surface area contributed by atoms with E-state index in [0.717, 1.165) is 18.2 Å². The molecule has 0 spiro atoms. The van der Waals surface area contributed by atoms with Gasteiger partial charge in [-0.15, -0.1) is 0 Å². The van der Waals surface area contributed by atoms with E-state index in [1.165, 1.54) is 6.07 Å². The van der Waals surface area contributed by atoms with Crippen LogP contribution >= 0.6 is 11.6 Å². The van der Waals surface area contributed by atoms with Gasteiger partial charge in [0.15, 0.2) is 0 Å². The average molecular weight is 329 g/mol. The Labute approximate surface area is 139 Å². The van der Waals surface area contributed by atoms with Crippen molar-refractivity contribution in [1.82, 2.24) is 0 Å². The number of fused-ring (bicyclic) bond motifs is 1. The first kappa shape index (κ1) is 15.6. The largest absolute Gasteiger partial charge is 0.507 e. The second-order valence-electron chi connectivity index (χ2n) is 5.49. The predicted molar refractivity (Wildman–Crippen MR) is 91.4 cm³/mol. The van der Waals surface area contributed by atoms with Crippen LogP contribution in [0.1, 0.15) is 41.4 Å². The Kier molecular flexibility index (Phi) is 4.39. The van der Waals surface area contributed by atoms with E-state index in [1.54, 1.807) is 12.1 Å². The molecule has 0 radical (unpaired) electrons. The molecule has 3 aromatic rings. The van der Waals surface area contributed by atoms with Crippen molar-refractivity contribution < 1.29 is 14.3 Å². The average Bonchev–Trinajstić information content (AvgIpc) is 2.90. The molecule has 3 nitrogen and oxygen atoms in total. The van der Waals surface area contributed by atoms with Crippen LogP contribution in [0.25, 0.3) is 11.0 Å². The standard InChI is InChI=1S/C19H17ClO3/c1-2-3-7-17-18(14-6-4-5-8-16(14)23-17)19(22)13-10-9-12(20)11-15(13)21/h4-6,8-11,21H,2-3,7H2,1H3. The summed E-state index contributed by atoms with van der Waals surface area (Å²) < 4.78 is 5.88. The highest BCUT2D eigenvalue weighted by Gasteiger charge is 2.23. The maximum atomic E-state index is 13.0. The SMILES string of the molecule is CCCCc1oc2ccccc2c1C(=O)c1ccc(Cl)cc1O. The number of hydrogen-bond acceptors (Lipinski definition) is 3. The molecule has 118 valence electrons. The van der Waals surface area contributed by atoms with Crippen LogP contribution in [-0.2, 0) is 6.42 Å². The molecule has 0 bridgehead atoms. The second kappa shape index (κ2) is 6.47. The van der Waals surface area contributed by atoms with E-state index in [2.05, 4.69) is 6.92 Å². The lowest BCUT2D eigenvalue weighted by atomic mass is 9.98. The lowest BCUT2D eigenvalue weighted by molar-refractivity contribution is 0.103. The van der Waals surface area contributed by atoms with Gasteiger partial charge in [0.25, 0.3) is 0 Å². The monoisotopic (exact) mass is 328 g/mol. The van der Waals surface area contributed by atoms with Gasteiger partial charge in [-0.25, -0.2) is 0 Å². The molecule has 0 atom stereocenters. The molecule has 1 N–H and O–H groups in total. The smallest absolute Gasteiger partial charge is 0.200 e. The molecule has 1 heterocycles. The van der Waals surface area contributed by atoms with Crippen LogP contribution in [0.4, 0.5) is 0 Å². The van der Waals surface area contributed by atoms with Crippen LogP contribution < -0.4 is 0 Å². The number of ketones is 1. The quantitative estimate of drug-likeness (QED) is 0.641. The Bertz CT molecular complexity index is 864. The van der Waals surface area contributed by atoms with E-state index >= 15 is 0 Å². The van der Waals surface area contributed by atoms with Gasteiger partial charge in [-0.2, -0.15) is 0 Å². The maximum absolute atomic E-state index is 13.0. The lowest BCUT2D eigenvalue weighted by Crippen LogP contribution is -2.04. The lowest BCUT2D eigenvalue weighted by Gasteiger charge is -2.05. The van der Waals surface area contributed by atoms with Crippen molar-refractivity contribution in [2.75, 3.05) is 0 Å². The molecule has 2 aromatic carbocycles. The Morgan fingerprint density at radius 1 is 1.22 bits per heavy atom. The number of furan rings is 1. The number of carbonyl (C=O) groups excluding carboxylic acids is 1. The third-order valence-corrected chi connectivity index (χ3v) is 4.09. The van der Waals surface area contributed by atoms with E-state index in [4.69, 9.17) is 16.0 Å². The summed E-state index contributed by atoms with van der Waals surface area (Å²) in [5, 5.41) is 11.2. The molecule has 3 rings (SSSR count). The van der Waals surface area contributed by atoms with Gasteiger partial charge in [-0.3, -0.25) is 4.79 Å². The molecule has 0 aliphatic carbocycles. The molecule has 1 aromatic heterocycles. The minimum atomic E-state index is -0.241. The molecule has 4 heteroatoms. The highest BCUT2D eigenvalue weighted by Crippen LogP contribution is 2.32. The fourth-order valence-corrected chi connectivity index (χ4v) is 2.86. The van der Waals surface area contributed by atoms with Crippen molar-refractivity contribution >= 4 is 28.4 Å². The van der Waals surface area contributed by atoms with Gasteiger partial charge in [0.1, 0.15) is 17.1 Å². The van der Waals surface area contributed by atoms with Crippen LogP contribution in [0.3, 0.4) is 0 Å². The third-order valence-electron chi connectivity index (χ3n) is 3.86. The van der Waals surface area contributed by atoms with Gasteiger partial charge in [-0.1, -0.05) is 43.1 Å². The number of aryl methyl sites for hydroxylation is 1. The second-order valence-corrected chi connectivity index (χ2v) is 5.93. The number of para-hydroxylation sites is 1. The number of rotatable bonds is 5. The van der Waals surface area contributed by atoms with Gasteiger partial charge in [0.2, 0.25) is 5.78 Å². The molecular formula is C19H17ClO3. The number of benzene rings is 2. The minimum absolute atomic E-state index is 0.116. The van der Waals surface area contributed by atoms with Gasteiger partial charge in [0.05, 0.1) is 11.1 Å². The molecule has 0 amide bonds. The highest BCUT2D eigenvalue weighted by atomic mass is 35.5. The molecule has 0 aliphatic heterocycles. The molecule has 0 unspecified atom stereocenters. The first-order chi connectivity index (χ1) is 11.1. The third kappa shape index (κ3) is 2.97. The number of carbonyl (C=O) groups is 1. The zero-order valence-corrected chi connectivity index (χ0v) is 13.6. The summed E-state index contributed by atoms with van der Waals surface area (Å²) in [6, 6.07) is 12.0. The fourth-order valence-electron chi connectivity index (χ4n) is 2.69. The Balaban J connectivity index is 2.14. The van der Waals surface area contributed by atoms with E-state index < -0.39 is 0 Å². The Hall–Kier alpha value is -2.26. The first-order valence-electron chi connectivity index (χ1n) is 7.65. The summed E-state index contributed by atoms with van der Waals surface area (Å²) in [6.45, 7) is 2.09. The van der Waals surface area contributed by atoms with E-state index in [0.29, 0.717) is 28.4 Å². The number of phenolic OH excluding ortho intramolecular Hbond substituents is 1. The molecule has 23 heavy (non-hydrogen) atoms. The summed E-state index contributed by atoms with van der Waals surface area (Å²) in [5.74, 6) is 0.317. The van der Waals surface area contributed by atoms with Gasteiger partial charge >= 0.3 is 0 Å². The summed E-state index contributed by atoms with van der Waals surface area (Å²) in [6.07, 6.45) is 2.64. The zero-order valence-electron chi connectivity index (χ0n) is 12.8.